The highest BCUT2D eigenvalue weighted by atomic mass is 16.5. The van der Waals surface area contributed by atoms with E-state index in [0.717, 1.165) is 0 Å². The van der Waals surface area contributed by atoms with Crippen LogP contribution in [0.2, 0.25) is 0 Å². The first-order valence-corrected chi connectivity index (χ1v) is 6.23. The van der Waals surface area contributed by atoms with E-state index < -0.39 is 5.97 Å². The quantitative estimate of drug-likeness (QED) is 0.436. The van der Waals surface area contributed by atoms with E-state index in [2.05, 4.69) is 22.6 Å². The first-order valence-electron chi connectivity index (χ1n) is 6.23. The van der Waals surface area contributed by atoms with E-state index in [-0.39, 0.29) is 31.2 Å². The lowest BCUT2D eigenvalue weighted by Crippen LogP contribution is -2.09. The predicted molar refractivity (Wildman–Crippen MR) is 78.0 cm³/mol. The van der Waals surface area contributed by atoms with Crippen molar-refractivity contribution in [3.63, 3.8) is 0 Å². The Hall–Kier alpha value is -2.39. The minimum atomic E-state index is -0.545. The number of hydrogen-bond donors (Lipinski definition) is 1. The molecule has 0 amide bonds. The van der Waals surface area contributed by atoms with Crippen LogP contribution in [-0.4, -0.2) is 36.9 Å². The van der Waals surface area contributed by atoms with Crippen LogP contribution < -0.4 is 0 Å². The summed E-state index contributed by atoms with van der Waals surface area (Å²) in [5.74, 6) is -0.857. The molecule has 0 unspecified atom stereocenters. The van der Waals surface area contributed by atoms with Gasteiger partial charge < -0.3 is 14.6 Å². The summed E-state index contributed by atoms with van der Waals surface area (Å²) in [7, 11) is 0. The third-order valence-corrected chi connectivity index (χ3v) is 1.79. The second-order valence-electron chi connectivity index (χ2n) is 3.70. The van der Waals surface area contributed by atoms with Crippen molar-refractivity contribution in [3.8, 4) is 6.07 Å². The molecule has 0 heterocycles. The summed E-state index contributed by atoms with van der Waals surface area (Å²) in [6, 6.07) is 1.79. The fourth-order valence-corrected chi connectivity index (χ4v) is 0.832. The summed E-state index contributed by atoms with van der Waals surface area (Å²) >= 11 is 0. The monoisotopic (exact) mass is 295 g/mol. The zero-order valence-electron chi connectivity index (χ0n) is 12.4. The molecular weight excluding hydrogens is 274 g/mol. The van der Waals surface area contributed by atoms with Crippen molar-refractivity contribution >= 4 is 11.9 Å². The van der Waals surface area contributed by atoms with Crippen molar-refractivity contribution in [2.24, 2.45) is 0 Å². The smallest absolute Gasteiger partial charge is 0.333 e. The average molecular weight is 295 g/mol. The van der Waals surface area contributed by atoms with Gasteiger partial charge in [0.15, 0.2) is 0 Å². The number of aliphatic hydroxyl groups excluding tert-OH is 1. The van der Waals surface area contributed by atoms with Crippen LogP contribution in [0.15, 0.2) is 36.5 Å². The fourth-order valence-electron chi connectivity index (χ4n) is 0.832. The maximum Gasteiger partial charge on any atom is 0.333 e. The standard InChI is InChI=1S/C9H11NO3.C6H10O2/c1-8(4-2-3-5-10)9(12)13-7-6-11;1-4-8-6(7)5(2)3/h2-3,11H,1,4,6-7H2;2,4H2,1,3H3. The normalized spacial score (nSPS) is 9.05. The van der Waals surface area contributed by atoms with E-state index in [9.17, 15) is 9.59 Å². The maximum absolute atomic E-state index is 10.9. The number of carbonyl (C=O) groups excluding carboxylic acids is 2. The minimum absolute atomic E-state index is 0.0280. The summed E-state index contributed by atoms with van der Waals surface area (Å²) in [6.07, 6.45) is 3.07. The number of allylic oxidation sites excluding steroid dienone is 2. The largest absolute Gasteiger partial charge is 0.463 e. The Labute approximate surface area is 125 Å². The van der Waals surface area contributed by atoms with Gasteiger partial charge in [-0.3, -0.25) is 0 Å². The van der Waals surface area contributed by atoms with E-state index in [4.69, 9.17) is 10.4 Å². The number of nitriles is 1. The van der Waals surface area contributed by atoms with Crippen molar-refractivity contribution < 1.29 is 24.2 Å². The van der Waals surface area contributed by atoms with Crippen LogP contribution >= 0.6 is 0 Å². The number of nitrogens with zero attached hydrogens (tertiary/aromatic N) is 1. The van der Waals surface area contributed by atoms with Crippen LogP contribution in [0.3, 0.4) is 0 Å². The summed E-state index contributed by atoms with van der Waals surface area (Å²) in [6.45, 7) is 10.4. The third kappa shape index (κ3) is 13.8. The number of ether oxygens (including phenoxy) is 2. The SMILES string of the molecule is C=C(C)C(=O)OCC.C=C(CC=CC#N)C(=O)OCCO. The molecule has 21 heavy (non-hydrogen) atoms. The van der Waals surface area contributed by atoms with Crippen LogP contribution in [0.5, 0.6) is 0 Å². The highest BCUT2D eigenvalue weighted by Gasteiger charge is 2.05. The molecule has 0 rings (SSSR count). The van der Waals surface area contributed by atoms with Crippen molar-refractivity contribution in [2.75, 3.05) is 19.8 Å². The highest BCUT2D eigenvalue weighted by molar-refractivity contribution is 5.88. The van der Waals surface area contributed by atoms with Gasteiger partial charge in [-0.15, -0.1) is 0 Å². The Balaban J connectivity index is 0. The van der Waals surface area contributed by atoms with E-state index in [1.54, 1.807) is 19.9 Å². The molecule has 0 aliphatic heterocycles. The first kappa shape index (κ1) is 20.9. The zero-order chi connectivity index (χ0) is 16.7. The molecule has 0 fully saturated rings. The van der Waals surface area contributed by atoms with Crippen molar-refractivity contribution in [3.05, 3.63) is 36.5 Å². The van der Waals surface area contributed by atoms with Crippen molar-refractivity contribution in [1.82, 2.24) is 0 Å². The fraction of sp³-hybridized carbons (Fsp3) is 0.400. The Morgan fingerprint density at radius 1 is 1.29 bits per heavy atom. The summed E-state index contributed by atoms with van der Waals surface area (Å²) in [4.78, 5) is 21.4. The molecule has 0 aromatic rings. The lowest BCUT2D eigenvalue weighted by molar-refractivity contribution is -0.140. The Morgan fingerprint density at radius 2 is 1.90 bits per heavy atom. The van der Waals surface area contributed by atoms with E-state index in [0.29, 0.717) is 12.2 Å². The van der Waals surface area contributed by atoms with Crippen molar-refractivity contribution in [2.45, 2.75) is 20.3 Å². The Bertz CT molecular complexity index is 432. The van der Waals surface area contributed by atoms with E-state index in [1.165, 1.54) is 12.2 Å². The number of hydrogen-bond acceptors (Lipinski definition) is 6. The van der Waals surface area contributed by atoms with Gasteiger partial charge in [0.1, 0.15) is 6.61 Å². The molecule has 0 spiro atoms. The number of rotatable bonds is 7. The molecule has 0 saturated carbocycles. The van der Waals surface area contributed by atoms with Crippen LogP contribution in [0.25, 0.3) is 0 Å². The van der Waals surface area contributed by atoms with Crippen LogP contribution in [0.1, 0.15) is 20.3 Å². The number of aliphatic hydroxyl groups is 1. The summed E-state index contributed by atoms with van der Waals surface area (Å²) < 4.78 is 9.14. The van der Waals surface area contributed by atoms with Gasteiger partial charge in [0.05, 0.1) is 19.3 Å². The molecule has 0 saturated heterocycles. The highest BCUT2D eigenvalue weighted by Crippen LogP contribution is 2.01. The topological polar surface area (TPSA) is 96.6 Å². The zero-order valence-corrected chi connectivity index (χ0v) is 12.4. The van der Waals surface area contributed by atoms with Gasteiger partial charge >= 0.3 is 11.9 Å². The van der Waals surface area contributed by atoms with Crippen LogP contribution in [-0.2, 0) is 19.1 Å². The van der Waals surface area contributed by atoms with Gasteiger partial charge in [-0.2, -0.15) is 5.26 Å². The number of carbonyl (C=O) groups is 2. The minimum Gasteiger partial charge on any atom is -0.463 e. The molecule has 0 atom stereocenters. The predicted octanol–water partition coefficient (Wildman–Crippen LogP) is 1.67. The van der Waals surface area contributed by atoms with E-state index >= 15 is 0 Å². The lowest BCUT2D eigenvalue weighted by atomic mass is 10.2. The molecule has 6 nitrogen and oxygen atoms in total. The molecule has 6 heteroatoms. The Morgan fingerprint density at radius 3 is 2.29 bits per heavy atom. The molecule has 0 aromatic heterocycles. The number of esters is 2. The van der Waals surface area contributed by atoms with Crippen molar-refractivity contribution in [1.29, 1.82) is 5.26 Å². The van der Waals surface area contributed by atoms with Gasteiger partial charge in [-0.05, 0) is 20.3 Å². The molecule has 0 aliphatic rings. The van der Waals surface area contributed by atoms with E-state index in [1.807, 2.05) is 0 Å². The molecule has 1 N–H and O–H groups in total. The molecule has 0 aliphatic carbocycles. The second-order valence-corrected chi connectivity index (χ2v) is 3.70. The molecule has 0 aromatic carbocycles. The summed E-state index contributed by atoms with van der Waals surface area (Å²) in [5.41, 5.74) is 0.715. The van der Waals surface area contributed by atoms with Gasteiger partial charge in [-0.25, -0.2) is 9.59 Å². The van der Waals surface area contributed by atoms with Gasteiger partial charge in [-0.1, -0.05) is 19.2 Å². The second kappa shape index (κ2) is 14.0. The first-order chi connectivity index (χ1) is 9.90. The van der Waals surface area contributed by atoms with Crippen LogP contribution in [0, 0.1) is 11.3 Å². The average Bonchev–Trinajstić information content (AvgIpc) is 2.45. The molecule has 116 valence electrons. The van der Waals surface area contributed by atoms with Gasteiger partial charge in [0.25, 0.3) is 0 Å². The maximum atomic E-state index is 10.9. The van der Waals surface area contributed by atoms with Gasteiger partial charge in [0.2, 0.25) is 0 Å². The molecular formula is C15H21NO5. The molecule has 0 bridgehead atoms. The third-order valence-electron chi connectivity index (χ3n) is 1.79. The van der Waals surface area contributed by atoms with Crippen LogP contribution in [0.4, 0.5) is 0 Å². The summed E-state index contributed by atoms with van der Waals surface area (Å²) in [5, 5.41) is 16.5. The lowest BCUT2D eigenvalue weighted by Gasteiger charge is -2.02. The molecule has 0 radical (unpaired) electrons. The Kier molecular flexibility index (Phi) is 14.0. The van der Waals surface area contributed by atoms with Gasteiger partial charge in [0, 0.05) is 17.2 Å².